The van der Waals surface area contributed by atoms with Crippen LogP contribution >= 0.6 is 0 Å². The number of carbonyl (C=O) groups excluding carboxylic acids is 2. The van der Waals surface area contributed by atoms with Crippen molar-refractivity contribution in [3.8, 4) is 0 Å². The number of aliphatic carboxylic acids is 1. The van der Waals surface area contributed by atoms with Gasteiger partial charge in [-0.2, -0.15) is 0 Å². The second-order valence-corrected chi connectivity index (χ2v) is 12.7. The van der Waals surface area contributed by atoms with Crippen LogP contribution in [-0.4, -0.2) is 44.6 Å². The van der Waals surface area contributed by atoms with E-state index in [4.69, 9.17) is 0 Å². The molecule has 6 heteroatoms. The predicted molar refractivity (Wildman–Crippen MR) is 132 cm³/mol. The van der Waals surface area contributed by atoms with E-state index >= 15 is 0 Å². The third kappa shape index (κ3) is 3.87. The highest BCUT2D eigenvalue weighted by Crippen LogP contribution is 2.65. The largest absolute Gasteiger partial charge is 0.481 e. The van der Waals surface area contributed by atoms with Gasteiger partial charge in [-0.25, -0.2) is 0 Å². The fourth-order valence-electron chi connectivity index (χ4n) is 8.54. The molecule has 0 radical (unpaired) electrons. The van der Waals surface area contributed by atoms with Crippen molar-refractivity contribution in [2.24, 2.45) is 40.4 Å². The third-order valence-electron chi connectivity index (χ3n) is 10.8. The lowest BCUT2D eigenvalue weighted by molar-refractivity contribution is -0.160. The molecule has 6 nitrogen and oxygen atoms in total. The average Bonchev–Trinajstić information content (AvgIpc) is 3.12. The van der Waals surface area contributed by atoms with E-state index in [9.17, 15) is 29.7 Å². The monoisotopic (exact) mass is 486 g/mol. The molecule has 194 valence electrons. The summed E-state index contributed by atoms with van der Waals surface area (Å²) in [6, 6.07) is 0. The van der Waals surface area contributed by atoms with E-state index in [1.807, 2.05) is 6.92 Å². The number of hydrogen-bond acceptors (Lipinski definition) is 5. The van der Waals surface area contributed by atoms with Gasteiger partial charge in [-0.15, -0.1) is 0 Å². The summed E-state index contributed by atoms with van der Waals surface area (Å²) >= 11 is 0. The first-order valence-corrected chi connectivity index (χ1v) is 13.3. The van der Waals surface area contributed by atoms with Gasteiger partial charge in [0.2, 0.25) is 0 Å². The first-order valence-electron chi connectivity index (χ1n) is 13.3. The van der Waals surface area contributed by atoms with Crippen LogP contribution in [0.2, 0.25) is 0 Å². The average molecular weight is 487 g/mol. The second-order valence-electron chi connectivity index (χ2n) is 12.7. The Balaban J connectivity index is 1.63. The number of carboxylic acid groups (broad SMARTS) is 1. The Hall–Kier alpha value is -1.79. The summed E-state index contributed by atoms with van der Waals surface area (Å²) in [5.41, 5.74) is -0.0741. The molecule has 4 aliphatic carbocycles. The molecule has 0 aliphatic heterocycles. The number of carboxylic acids is 1. The molecule has 4 rings (SSSR count). The summed E-state index contributed by atoms with van der Waals surface area (Å²) in [6.45, 7) is 13.6. The van der Waals surface area contributed by atoms with E-state index in [2.05, 4.69) is 20.4 Å². The van der Waals surface area contributed by atoms with Gasteiger partial charge in [0.1, 0.15) is 5.60 Å². The van der Waals surface area contributed by atoms with Crippen LogP contribution in [0.5, 0.6) is 0 Å². The lowest BCUT2D eigenvalue weighted by Crippen LogP contribution is -2.60. The Morgan fingerprint density at radius 2 is 1.83 bits per heavy atom. The normalized spacial score (nSPS) is 42.7. The number of fused-ring (bicyclic) bond motifs is 4. The zero-order valence-electron chi connectivity index (χ0n) is 21.9. The lowest BCUT2D eigenvalue weighted by atomic mass is 9.47. The van der Waals surface area contributed by atoms with Crippen molar-refractivity contribution < 1.29 is 29.7 Å². The van der Waals surface area contributed by atoms with Crippen LogP contribution in [0, 0.1) is 40.4 Å². The fraction of sp³-hybridized carbons (Fsp3) is 0.759. The maximum absolute atomic E-state index is 13.9. The molecule has 4 aliphatic rings. The van der Waals surface area contributed by atoms with Crippen LogP contribution in [0.3, 0.4) is 0 Å². The molecule has 0 spiro atoms. The van der Waals surface area contributed by atoms with Crippen LogP contribution in [0.15, 0.2) is 23.3 Å². The van der Waals surface area contributed by atoms with Gasteiger partial charge in [0, 0.05) is 29.7 Å². The minimum absolute atomic E-state index is 0.0677. The summed E-state index contributed by atoms with van der Waals surface area (Å²) in [4.78, 5) is 37.7. The van der Waals surface area contributed by atoms with Crippen LogP contribution in [0.4, 0.5) is 0 Å². The molecule has 0 saturated heterocycles. The third-order valence-corrected chi connectivity index (χ3v) is 10.8. The van der Waals surface area contributed by atoms with Gasteiger partial charge >= 0.3 is 5.97 Å². The zero-order valence-corrected chi connectivity index (χ0v) is 21.9. The van der Waals surface area contributed by atoms with E-state index in [1.165, 1.54) is 0 Å². The summed E-state index contributed by atoms with van der Waals surface area (Å²) in [6.07, 6.45) is 4.06. The SMILES string of the molecule is C=C(CC[C@@H](C)[C@H]1CC[C@H]2C3=C(C(=O)C[C@]12C)[C@@]1(C)CCC(=O)[C@](C)(O)[C@H]1C[C@@H]3O)[C@H](C)C(=O)O. The van der Waals surface area contributed by atoms with E-state index in [1.54, 1.807) is 13.8 Å². The molecule has 0 heterocycles. The van der Waals surface area contributed by atoms with Crippen LogP contribution < -0.4 is 0 Å². The molecule has 0 aromatic heterocycles. The van der Waals surface area contributed by atoms with Crippen molar-refractivity contribution in [2.45, 2.75) is 97.7 Å². The molecule has 0 aromatic rings. The topological polar surface area (TPSA) is 112 Å². The number of allylic oxidation sites excluding steroid dienone is 1. The van der Waals surface area contributed by atoms with Gasteiger partial charge in [0.15, 0.2) is 11.6 Å². The van der Waals surface area contributed by atoms with Crippen molar-refractivity contribution in [2.75, 3.05) is 0 Å². The maximum atomic E-state index is 13.9. The molecule has 0 unspecified atom stereocenters. The van der Waals surface area contributed by atoms with Crippen molar-refractivity contribution in [1.29, 1.82) is 0 Å². The Labute approximate surface area is 208 Å². The molecule has 3 N–H and O–H groups in total. The minimum atomic E-state index is -1.53. The van der Waals surface area contributed by atoms with Gasteiger partial charge < -0.3 is 15.3 Å². The van der Waals surface area contributed by atoms with Crippen LogP contribution in [-0.2, 0) is 14.4 Å². The number of ketones is 2. The van der Waals surface area contributed by atoms with Crippen molar-refractivity contribution >= 4 is 17.5 Å². The summed E-state index contributed by atoms with van der Waals surface area (Å²) in [5, 5.41) is 31.7. The molecular formula is C29H42O6. The molecule has 0 amide bonds. The summed E-state index contributed by atoms with van der Waals surface area (Å²) in [7, 11) is 0. The number of hydrogen-bond donors (Lipinski definition) is 3. The van der Waals surface area contributed by atoms with Crippen molar-refractivity contribution in [1.82, 2.24) is 0 Å². The van der Waals surface area contributed by atoms with Gasteiger partial charge in [0.25, 0.3) is 0 Å². The predicted octanol–water partition coefficient (Wildman–Crippen LogP) is 4.48. The van der Waals surface area contributed by atoms with E-state index < -0.39 is 34.9 Å². The minimum Gasteiger partial charge on any atom is -0.481 e. The number of Topliss-reactive ketones (excluding diaryl/α,β-unsaturated/α-hetero) is 2. The van der Waals surface area contributed by atoms with E-state index in [0.717, 1.165) is 30.4 Å². The molecule has 2 fully saturated rings. The van der Waals surface area contributed by atoms with Crippen LogP contribution in [0.25, 0.3) is 0 Å². The fourth-order valence-corrected chi connectivity index (χ4v) is 8.54. The number of aliphatic hydroxyl groups excluding tert-OH is 1. The van der Waals surface area contributed by atoms with E-state index in [0.29, 0.717) is 43.1 Å². The Bertz CT molecular complexity index is 991. The Kier molecular flexibility index (Phi) is 6.50. The number of aliphatic hydroxyl groups is 2. The first kappa shape index (κ1) is 26.3. The standard InChI is InChI=1S/C29H42O6/c1-15(17(3)26(33)34)7-8-16(2)18-9-10-19-24-20(30)13-22-27(4,12-11-23(32)29(22,6)35)25(24)21(31)14-28(18,19)5/h16-20,22,30,35H,1,7-14H2,2-6H3,(H,33,34)/t16-,17+,18-,19+,20+,22+,27+,28-,29-/m1/s1. The van der Waals surface area contributed by atoms with Gasteiger partial charge in [0.05, 0.1) is 12.0 Å². The lowest BCUT2D eigenvalue weighted by Gasteiger charge is -2.57. The Morgan fingerprint density at radius 1 is 1.17 bits per heavy atom. The maximum Gasteiger partial charge on any atom is 0.310 e. The zero-order chi connectivity index (χ0) is 26.1. The highest BCUT2D eigenvalue weighted by Gasteiger charge is 2.64. The molecule has 0 bridgehead atoms. The van der Waals surface area contributed by atoms with Gasteiger partial charge in [-0.05, 0) is 81.1 Å². The molecule has 9 atom stereocenters. The highest BCUT2D eigenvalue weighted by molar-refractivity contribution is 6.00. The van der Waals surface area contributed by atoms with Crippen molar-refractivity contribution in [3.05, 3.63) is 23.3 Å². The summed E-state index contributed by atoms with van der Waals surface area (Å²) < 4.78 is 0. The first-order chi connectivity index (χ1) is 16.2. The molecule has 2 saturated carbocycles. The Morgan fingerprint density at radius 3 is 2.46 bits per heavy atom. The van der Waals surface area contributed by atoms with Gasteiger partial charge in [-0.1, -0.05) is 32.9 Å². The molecule has 0 aromatic carbocycles. The number of carbonyl (C=O) groups is 3. The van der Waals surface area contributed by atoms with Crippen LogP contribution in [0.1, 0.15) is 86.0 Å². The second kappa shape index (κ2) is 8.65. The number of rotatable bonds is 6. The molecular weight excluding hydrogens is 444 g/mol. The highest BCUT2D eigenvalue weighted by atomic mass is 16.4. The quantitative estimate of drug-likeness (QED) is 0.477. The van der Waals surface area contributed by atoms with Gasteiger partial charge in [-0.3, -0.25) is 14.4 Å². The van der Waals surface area contributed by atoms with Crippen molar-refractivity contribution in [3.63, 3.8) is 0 Å². The smallest absolute Gasteiger partial charge is 0.310 e. The molecule has 35 heavy (non-hydrogen) atoms. The van der Waals surface area contributed by atoms with E-state index in [-0.39, 0.29) is 29.3 Å². The summed E-state index contributed by atoms with van der Waals surface area (Å²) in [5.74, 6) is -1.30.